The van der Waals surface area contributed by atoms with Gasteiger partial charge < -0.3 is 15.2 Å². The second-order valence-electron chi connectivity index (χ2n) is 4.41. The summed E-state index contributed by atoms with van der Waals surface area (Å²) in [4.78, 5) is 31.7. The summed E-state index contributed by atoms with van der Waals surface area (Å²) in [5, 5.41) is 29.5. The number of nitro benzene ring substituents is 1. The van der Waals surface area contributed by atoms with Crippen LogP contribution in [0, 0.1) is 10.1 Å². The lowest BCUT2D eigenvalue weighted by Crippen LogP contribution is -2.21. The molecule has 0 aliphatic heterocycles. The van der Waals surface area contributed by atoms with Crippen LogP contribution in [0.5, 0.6) is 5.75 Å². The fraction of sp³-hybridized carbons (Fsp3) is 0.154. The van der Waals surface area contributed by atoms with E-state index in [4.69, 9.17) is 5.11 Å². The summed E-state index contributed by atoms with van der Waals surface area (Å²) < 4.78 is 0. The van der Waals surface area contributed by atoms with Crippen molar-refractivity contribution in [1.29, 1.82) is 0 Å². The van der Waals surface area contributed by atoms with Gasteiger partial charge in [0.2, 0.25) is 0 Å². The van der Waals surface area contributed by atoms with Gasteiger partial charge in [0, 0.05) is 42.2 Å². The number of carbonyl (C=O) groups is 1. The SMILES string of the molecule is O=C(O)[C@@H](Cc1cnc[nH]1)N=Cc1cc([N+](=O)[O-])ccc1O. The zero-order chi connectivity index (χ0) is 16.1. The molecule has 2 aromatic rings. The minimum absolute atomic E-state index is 0.0741. The third-order valence-corrected chi connectivity index (χ3v) is 2.87. The van der Waals surface area contributed by atoms with Gasteiger partial charge in [-0.05, 0) is 6.07 Å². The van der Waals surface area contributed by atoms with Crippen LogP contribution in [-0.2, 0) is 11.2 Å². The lowest BCUT2D eigenvalue weighted by atomic mass is 10.1. The van der Waals surface area contributed by atoms with E-state index in [0.29, 0.717) is 5.69 Å². The Morgan fingerprint density at radius 1 is 1.55 bits per heavy atom. The highest BCUT2D eigenvalue weighted by molar-refractivity contribution is 5.87. The van der Waals surface area contributed by atoms with E-state index in [0.717, 1.165) is 24.4 Å². The average Bonchev–Trinajstić information content (AvgIpc) is 2.97. The first-order chi connectivity index (χ1) is 10.5. The number of imidazole rings is 1. The number of aliphatic imine (C=N–C) groups is 1. The van der Waals surface area contributed by atoms with Crippen LogP contribution in [0.25, 0.3) is 0 Å². The topological polar surface area (TPSA) is 142 Å². The fourth-order valence-electron chi connectivity index (χ4n) is 1.74. The summed E-state index contributed by atoms with van der Waals surface area (Å²) in [7, 11) is 0. The maximum atomic E-state index is 11.2. The Morgan fingerprint density at radius 2 is 2.32 bits per heavy atom. The molecule has 0 spiro atoms. The zero-order valence-electron chi connectivity index (χ0n) is 11.2. The molecule has 1 aromatic heterocycles. The van der Waals surface area contributed by atoms with E-state index in [1.54, 1.807) is 0 Å². The van der Waals surface area contributed by atoms with E-state index in [2.05, 4.69) is 15.0 Å². The number of benzene rings is 1. The van der Waals surface area contributed by atoms with Crippen molar-refractivity contribution in [2.45, 2.75) is 12.5 Å². The third kappa shape index (κ3) is 3.66. The number of carboxylic acids is 1. The Kier molecular flexibility index (Phi) is 4.47. The van der Waals surface area contributed by atoms with Crippen LogP contribution >= 0.6 is 0 Å². The first-order valence-electron chi connectivity index (χ1n) is 6.18. The first-order valence-corrected chi connectivity index (χ1v) is 6.18. The number of aromatic nitrogens is 2. The summed E-state index contributed by atoms with van der Waals surface area (Å²) in [6.07, 6.45) is 4.10. The fourth-order valence-corrected chi connectivity index (χ4v) is 1.74. The molecule has 1 heterocycles. The normalized spacial score (nSPS) is 12.4. The molecule has 9 heteroatoms. The Hall–Kier alpha value is -3.23. The van der Waals surface area contributed by atoms with Gasteiger partial charge in [0.15, 0.2) is 6.04 Å². The number of non-ortho nitro benzene ring substituents is 1. The Morgan fingerprint density at radius 3 is 2.91 bits per heavy atom. The number of hydrogen-bond acceptors (Lipinski definition) is 6. The maximum absolute atomic E-state index is 11.2. The molecule has 0 unspecified atom stereocenters. The Bertz CT molecular complexity index is 711. The number of aromatic amines is 1. The molecular formula is C13H12N4O5. The van der Waals surface area contributed by atoms with Gasteiger partial charge in [-0.2, -0.15) is 0 Å². The Labute approximate surface area is 124 Å². The number of phenolic OH excluding ortho intramolecular Hbond substituents is 1. The van der Waals surface area contributed by atoms with Crippen LogP contribution in [0.1, 0.15) is 11.3 Å². The van der Waals surface area contributed by atoms with E-state index >= 15 is 0 Å². The highest BCUT2D eigenvalue weighted by Gasteiger charge is 2.17. The van der Waals surface area contributed by atoms with Gasteiger partial charge in [-0.15, -0.1) is 0 Å². The molecule has 0 fully saturated rings. The molecular weight excluding hydrogens is 292 g/mol. The van der Waals surface area contributed by atoms with Crippen molar-refractivity contribution >= 4 is 17.9 Å². The number of nitrogens with one attached hydrogen (secondary N) is 1. The zero-order valence-corrected chi connectivity index (χ0v) is 11.2. The van der Waals surface area contributed by atoms with E-state index in [1.165, 1.54) is 12.5 Å². The van der Waals surface area contributed by atoms with E-state index in [-0.39, 0.29) is 23.4 Å². The van der Waals surface area contributed by atoms with Crippen LogP contribution in [0.15, 0.2) is 35.7 Å². The number of aliphatic carboxylic acids is 1. The predicted molar refractivity (Wildman–Crippen MR) is 76.1 cm³/mol. The van der Waals surface area contributed by atoms with E-state index in [1.807, 2.05) is 0 Å². The predicted octanol–water partition coefficient (Wildman–Crippen LogP) is 1.14. The van der Waals surface area contributed by atoms with Crippen LogP contribution in [0.2, 0.25) is 0 Å². The van der Waals surface area contributed by atoms with Crippen molar-refractivity contribution in [2.24, 2.45) is 4.99 Å². The van der Waals surface area contributed by atoms with Crippen molar-refractivity contribution in [3.05, 3.63) is 52.1 Å². The van der Waals surface area contributed by atoms with Gasteiger partial charge in [0.25, 0.3) is 5.69 Å². The first kappa shape index (κ1) is 15.2. The largest absolute Gasteiger partial charge is 0.507 e. The van der Waals surface area contributed by atoms with Crippen LogP contribution < -0.4 is 0 Å². The van der Waals surface area contributed by atoms with Crippen LogP contribution in [0.3, 0.4) is 0 Å². The molecule has 0 saturated carbocycles. The second kappa shape index (κ2) is 6.48. The number of phenols is 1. The van der Waals surface area contributed by atoms with Gasteiger partial charge in [0.1, 0.15) is 5.75 Å². The molecule has 0 amide bonds. The van der Waals surface area contributed by atoms with Crippen molar-refractivity contribution in [2.75, 3.05) is 0 Å². The van der Waals surface area contributed by atoms with Gasteiger partial charge in [-0.1, -0.05) is 0 Å². The molecule has 0 aliphatic carbocycles. The second-order valence-corrected chi connectivity index (χ2v) is 4.41. The van der Waals surface area contributed by atoms with Gasteiger partial charge in [-0.25, -0.2) is 9.78 Å². The van der Waals surface area contributed by atoms with Crippen LogP contribution in [-0.4, -0.2) is 43.3 Å². The molecule has 9 nitrogen and oxygen atoms in total. The molecule has 22 heavy (non-hydrogen) atoms. The smallest absolute Gasteiger partial charge is 0.328 e. The molecule has 3 N–H and O–H groups in total. The number of nitrogens with zero attached hydrogens (tertiary/aromatic N) is 3. The highest BCUT2D eigenvalue weighted by atomic mass is 16.6. The summed E-state index contributed by atoms with van der Waals surface area (Å²) in [5.41, 5.74) is 0.442. The quantitative estimate of drug-likeness (QED) is 0.415. The maximum Gasteiger partial charge on any atom is 0.328 e. The lowest BCUT2D eigenvalue weighted by molar-refractivity contribution is -0.384. The number of aromatic hydroxyl groups is 1. The monoisotopic (exact) mass is 304 g/mol. The molecule has 0 bridgehead atoms. The lowest BCUT2D eigenvalue weighted by Gasteiger charge is -2.06. The summed E-state index contributed by atoms with van der Waals surface area (Å²) in [5.74, 6) is -1.38. The molecule has 0 radical (unpaired) electrons. The number of hydrogen-bond donors (Lipinski definition) is 3. The summed E-state index contributed by atoms with van der Waals surface area (Å²) in [6, 6.07) is 2.32. The van der Waals surface area contributed by atoms with Crippen molar-refractivity contribution in [1.82, 2.24) is 9.97 Å². The number of nitro groups is 1. The number of carboxylic acid groups (broad SMARTS) is 1. The molecule has 114 valence electrons. The van der Waals surface area contributed by atoms with Gasteiger partial charge in [-0.3, -0.25) is 15.1 Å². The standard InChI is InChI=1S/C13H12N4O5/c18-12-2-1-10(17(21)22)3-8(12)5-15-11(13(19)20)4-9-6-14-7-16-9/h1-3,5-7,11,18H,4H2,(H,14,16)(H,19,20)/t11-/m1/s1. The highest BCUT2D eigenvalue weighted by Crippen LogP contribution is 2.21. The van der Waals surface area contributed by atoms with Gasteiger partial charge in [0.05, 0.1) is 11.3 Å². The van der Waals surface area contributed by atoms with E-state index < -0.39 is 16.9 Å². The van der Waals surface area contributed by atoms with Crippen LogP contribution in [0.4, 0.5) is 5.69 Å². The molecule has 0 aliphatic rings. The average molecular weight is 304 g/mol. The van der Waals surface area contributed by atoms with Crippen molar-refractivity contribution < 1.29 is 19.9 Å². The molecule has 1 aromatic carbocycles. The number of H-pyrrole nitrogens is 1. The minimum atomic E-state index is -1.16. The summed E-state index contributed by atoms with van der Waals surface area (Å²) >= 11 is 0. The molecule has 1 atom stereocenters. The van der Waals surface area contributed by atoms with Gasteiger partial charge >= 0.3 is 5.97 Å². The van der Waals surface area contributed by atoms with E-state index in [9.17, 15) is 20.0 Å². The molecule has 0 saturated heterocycles. The molecule has 2 rings (SSSR count). The third-order valence-electron chi connectivity index (χ3n) is 2.87. The van der Waals surface area contributed by atoms with Crippen molar-refractivity contribution in [3.63, 3.8) is 0 Å². The minimum Gasteiger partial charge on any atom is -0.507 e. The van der Waals surface area contributed by atoms with Crippen molar-refractivity contribution in [3.8, 4) is 5.75 Å². The Balaban J connectivity index is 2.22. The summed E-state index contributed by atoms with van der Waals surface area (Å²) in [6.45, 7) is 0. The number of rotatable bonds is 6.